The van der Waals surface area contributed by atoms with E-state index in [1.54, 1.807) is 4.68 Å². The van der Waals surface area contributed by atoms with Crippen LogP contribution < -0.4 is 5.32 Å². The number of nitriles is 1. The average Bonchev–Trinajstić information content (AvgIpc) is 3.42. The number of aryl methyl sites for hydroxylation is 1. The Labute approximate surface area is 187 Å². The Morgan fingerprint density at radius 2 is 1.91 bits per heavy atom. The van der Waals surface area contributed by atoms with E-state index in [2.05, 4.69) is 32.7 Å². The molecule has 5 rings (SSSR count). The summed E-state index contributed by atoms with van der Waals surface area (Å²) in [6.07, 6.45) is 1.44. The molecule has 0 atom stereocenters. The maximum Gasteiger partial charge on any atom is 0.236 e. The standard InChI is InChI=1S/C23H17N7OS/c1-15-11-20-27-28-23(29(20)19-10-6-5-9-18(15)19)32-14-21(31)26-22-16(12-24)13-25-30(22)17-7-3-2-4-8-17/h2-11,13H,14H2,1H3,(H,26,31). The number of hydrogen-bond donors (Lipinski definition) is 1. The lowest BCUT2D eigenvalue weighted by Gasteiger charge is -2.10. The summed E-state index contributed by atoms with van der Waals surface area (Å²) in [4.78, 5) is 12.8. The van der Waals surface area contributed by atoms with Gasteiger partial charge in [0, 0.05) is 5.39 Å². The van der Waals surface area contributed by atoms with Crippen LogP contribution in [0.25, 0.3) is 22.2 Å². The molecule has 0 aliphatic heterocycles. The third kappa shape index (κ3) is 3.46. The van der Waals surface area contributed by atoms with E-state index in [1.165, 1.54) is 18.0 Å². The summed E-state index contributed by atoms with van der Waals surface area (Å²) in [7, 11) is 0. The van der Waals surface area contributed by atoms with E-state index in [9.17, 15) is 10.1 Å². The topological polar surface area (TPSA) is 101 Å². The van der Waals surface area contributed by atoms with Crippen LogP contribution in [0.4, 0.5) is 5.82 Å². The molecule has 0 bridgehead atoms. The summed E-state index contributed by atoms with van der Waals surface area (Å²) in [5.74, 6) is 0.183. The molecule has 0 aliphatic carbocycles. The van der Waals surface area contributed by atoms with Gasteiger partial charge in [0.05, 0.1) is 23.2 Å². The third-order valence-electron chi connectivity index (χ3n) is 5.05. The first-order chi connectivity index (χ1) is 15.7. The number of carbonyl (C=O) groups excluding carboxylic acids is 1. The fourth-order valence-corrected chi connectivity index (χ4v) is 4.33. The molecule has 2 aromatic carbocycles. The average molecular weight is 440 g/mol. The van der Waals surface area contributed by atoms with Gasteiger partial charge in [-0.3, -0.25) is 9.20 Å². The summed E-state index contributed by atoms with van der Waals surface area (Å²) < 4.78 is 3.50. The predicted molar refractivity (Wildman–Crippen MR) is 123 cm³/mol. The molecule has 0 unspecified atom stereocenters. The Kier molecular flexibility index (Phi) is 5.05. The first-order valence-electron chi connectivity index (χ1n) is 9.85. The van der Waals surface area contributed by atoms with Gasteiger partial charge in [0.15, 0.2) is 16.6 Å². The molecule has 8 nitrogen and oxygen atoms in total. The molecule has 1 amide bonds. The number of pyridine rings is 1. The monoisotopic (exact) mass is 439 g/mol. The van der Waals surface area contributed by atoms with Crippen LogP contribution in [0.5, 0.6) is 0 Å². The molecule has 3 aromatic heterocycles. The lowest BCUT2D eigenvalue weighted by molar-refractivity contribution is -0.113. The molecule has 0 radical (unpaired) electrons. The fourth-order valence-electron chi connectivity index (χ4n) is 3.58. The minimum atomic E-state index is -0.266. The number of rotatable bonds is 5. The highest BCUT2D eigenvalue weighted by atomic mass is 32.2. The van der Waals surface area contributed by atoms with E-state index in [-0.39, 0.29) is 11.7 Å². The molecular formula is C23H17N7OS. The number of anilines is 1. The van der Waals surface area contributed by atoms with Gasteiger partial charge in [0.25, 0.3) is 0 Å². The van der Waals surface area contributed by atoms with Gasteiger partial charge in [-0.2, -0.15) is 10.4 Å². The highest BCUT2D eigenvalue weighted by Crippen LogP contribution is 2.26. The summed E-state index contributed by atoms with van der Waals surface area (Å²) in [6, 6.07) is 21.4. The molecular weight excluding hydrogens is 422 g/mol. The molecule has 0 aliphatic rings. The number of nitrogens with one attached hydrogen (secondary N) is 1. The zero-order chi connectivity index (χ0) is 22.1. The molecule has 5 aromatic rings. The summed E-state index contributed by atoms with van der Waals surface area (Å²) in [6.45, 7) is 2.04. The van der Waals surface area contributed by atoms with Crippen molar-refractivity contribution in [1.29, 1.82) is 5.26 Å². The summed E-state index contributed by atoms with van der Waals surface area (Å²) in [5, 5.41) is 26.8. The van der Waals surface area contributed by atoms with Crippen LogP contribution in [0.2, 0.25) is 0 Å². The number of nitrogens with zero attached hydrogens (tertiary/aromatic N) is 6. The van der Waals surface area contributed by atoms with Crippen molar-refractivity contribution in [2.24, 2.45) is 0 Å². The second kappa shape index (κ2) is 8.17. The number of benzene rings is 2. The van der Waals surface area contributed by atoms with E-state index in [0.717, 1.165) is 27.8 Å². The molecule has 0 fully saturated rings. The van der Waals surface area contributed by atoms with E-state index < -0.39 is 0 Å². The SMILES string of the molecule is Cc1cc2nnc(SCC(=O)Nc3c(C#N)cnn3-c3ccccc3)n2c2ccccc12. The molecule has 0 saturated carbocycles. The number of fused-ring (bicyclic) bond motifs is 3. The van der Waals surface area contributed by atoms with Gasteiger partial charge in [-0.25, -0.2) is 4.68 Å². The van der Waals surface area contributed by atoms with Crippen molar-refractivity contribution in [1.82, 2.24) is 24.4 Å². The minimum absolute atomic E-state index is 0.105. The van der Waals surface area contributed by atoms with E-state index in [1.807, 2.05) is 65.9 Å². The molecule has 0 saturated heterocycles. The number of thioether (sulfide) groups is 1. The Bertz CT molecular complexity index is 1500. The van der Waals surface area contributed by atoms with Crippen LogP contribution in [0.15, 0.2) is 72.0 Å². The van der Waals surface area contributed by atoms with Gasteiger partial charge in [-0.15, -0.1) is 10.2 Å². The van der Waals surface area contributed by atoms with Crippen LogP contribution in [0, 0.1) is 18.3 Å². The quantitative estimate of drug-likeness (QED) is 0.416. The number of para-hydroxylation sites is 2. The van der Waals surface area contributed by atoms with Crippen molar-refractivity contribution in [2.45, 2.75) is 12.1 Å². The second-order valence-electron chi connectivity index (χ2n) is 7.12. The lowest BCUT2D eigenvalue weighted by atomic mass is 10.1. The number of hydrogen-bond acceptors (Lipinski definition) is 6. The van der Waals surface area contributed by atoms with Crippen LogP contribution in [0.3, 0.4) is 0 Å². The molecule has 1 N–H and O–H groups in total. The minimum Gasteiger partial charge on any atom is -0.309 e. The molecule has 0 spiro atoms. The summed E-state index contributed by atoms with van der Waals surface area (Å²) >= 11 is 1.29. The van der Waals surface area contributed by atoms with E-state index in [0.29, 0.717) is 16.5 Å². The van der Waals surface area contributed by atoms with Crippen LogP contribution >= 0.6 is 11.8 Å². The smallest absolute Gasteiger partial charge is 0.236 e. The molecule has 3 heterocycles. The Balaban J connectivity index is 1.40. The third-order valence-corrected chi connectivity index (χ3v) is 5.98. The fraction of sp³-hybridized carbons (Fsp3) is 0.0870. The van der Waals surface area contributed by atoms with E-state index in [4.69, 9.17) is 0 Å². The van der Waals surface area contributed by atoms with Crippen molar-refractivity contribution >= 4 is 40.0 Å². The van der Waals surface area contributed by atoms with Crippen molar-refractivity contribution in [2.75, 3.05) is 11.1 Å². The van der Waals surface area contributed by atoms with Gasteiger partial charge in [-0.1, -0.05) is 48.2 Å². The van der Waals surface area contributed by atoms with Crippen LogP contribution in [0.1, 0.15) is 11.1 Å². The largest absolute Gasteiger partial charge is 0.309 e. The first kappa shape index (κ1) is 19.8. The number of carbonyl (C=O) groups is 1. The zero-order valence-corrected chi connectivity index (χ0v) is 17.9. The maximum absolute atomic E-state index is 12.8. The van der Waals surface area contributed by atoms with Crippen molar-refractivity contribution in [3.8, 4) is 11.8 Å². The van der Waals surface area contributed by atoms with Gasteiger partial charge in [-0.05, 0) is 36.8 Å². The second-order valence-corrected chi connectivity index (χ2v) is 8.07. The first-order valence-corrected chi connectivity index (χ1v) is 10.8. The van der Waals surface area contributed by atoms with Crippen LogP contribution in [-0.4, -0.2) is 36.0 Å². The number of aromatic nitrogens is 5. The van der Waals surface area contributed by atoms with Crippen molar-refractivity contribution in [3.63, 3.8) is 0 Å². The Morgan fingerprint density at radius 1 is 1.12 bits per heavy atom. The Morgan fingerprint density at radius 3 is 2.72 bits per heavy atom. The molecule has 156 valence electrons. The zero-order valence-electron chi connectivity index (χ0n) is 17.1. The van der Waals surface area contributed by atoms with Crippen LogP contribution in [-0.2, 0) is 4.79 Å². The molecule has 9 heteroatoms. The molecule has 32 heavy (non-hydrogen) atoms. The highest BCUT2D eigenvalue weighted by Gasteiger charge is 2.17. The number of amides is 1. The maximum atomic E-state index is 12.8. The van der Waals surface area contributed by atoms with Crippen molar-refractivity contribution in [3.05, 3.63) is 78.0 Å². The van der Waals surface area contributed by atoms with E-state index >= 15 is 0 Å². The highest BCUT2D eigenvalue weighted by molar-refractivity contribution is 7.99. The summed E-state index contributed by atoms with van der Waals surface area (Å²) in [5.41, 5.74) is 3.89. The van der Waals surface area contributed by atoms with Gasteiger partial charge in [0.1, 0.15) is 11.6 Å². The van der Waals surface area contributed by atoms with Crippen molar-refractivity contribution < 1.29 is 4.79 Å². The van der Waals surface area contributed by atoms with Gasteiger partial charge in [0.2, 0.25) is 5.91 Å². The normalized spacial score (nSPS) is 11.0. The lowest BCUT2D eigenvalue weighted by Crippen LogP contribution is -2.18. The van der Waals surface area contributed by atoms with Gasteiger partial charge >= 0.3 is 0 Å². The van der Waals surface area contributed by atoms with Gasteiger partial charge < -0.3 is 5.32 Å². The Hall–Kier alpha value is -4.16. The predicted octanol–water partition coefficient (Wildman–Crippen LogP) is 3.98.